The van der Waals surface area contributed by atoms with Crippen LogP contribution in [0.4, 0.5) is 18.9 Å². The molecule has 0 bridgehead atoms. The fourth-order valence-electron chi connectivity index (χ4n) is 2.11. The second-order valence-corrected chi connectivity index (χ2v) is 5.83. The molecule has 1 aromatic heterocycles. The van der Waals surface area contributed by atoms with E-state index in [0.717, 1.165) is 6.42 Å². The van der Waals surface area contributed by atoms with Crippen LogP contribution in [-0.4, -0.2) is 13.6 Å². The summed E-state index contributed by atoms with van der Waals surface area (Å²) in [5, 5.41) is 1.99. The highest BCUT2D eigenvalue weighted by Crippen LogP contribution is 2.34. The summed E-state index contributed by atoms with van der Waals surface area (Å²) in [6, 6.07) is 8.32. The van der Waals surface area contributed by atoms with Crippen molar-refractivity contribution < 1.29 is 13.2 Å². The van der Waals surface area contributed by atoms with E-state index in [4.69, 9.17) is 5.73 Å². The van der Waals surface area contributed by atoms with Crippen LogP contribution in [0.2, 0.25) is 0 Å². The average Bonchev–Trinajstić information content (AvgIpc) is 2.96. The molecule has 0 radical (unpaired) electrons. The van der Waals surface area contributed by atoms with Crippen molar-refractivity contribution in [3.8, 4) is 0 Å². The van der Waals surface area contributed by atoms with Crippen LogP contribution in [0.5, 0.6) is 0 Å². The molecule has 0 aliphatic rings. The van der Waals surface area contributed by atoms with Crippen molar-refractivity contribution in [2.45, 2.75) is 19.1 Å². The van der Waals surface area contributed by atoms with Gasteiger partial charge in [-0.1, -0.05) is 12.1 Å². The third-order valence-corrected chi connectivity index (χ3v) is 4.27. The molecule has 114 valence electrons. The van der Waals surface area contributed by atoms with Crippen LogP contribution in [-0.2, 0) is 19.1 Å². The summed E-state index contributed by atoms with van der Waals surface area (Å²) in [6.45, 7) is 0.549. The molecule has 0 saturated heterocycles. The normalized spacial score (nSPS) is 11.7. The molecule has 0 amide bonds. The predicted octanol–water partition coefficient (Wildman–Crippen LogP) is 3.90. The fourth-order valence-corrected chi connectivity index (χ4v) is 2.80. The van der Waals surface area contributed by atoms with Gasteiger partial charge in [0.2, 0.25) is 0 Å². The van der Waals surface area contributed by atoms with Crippen molar-refractivity contribution in [3.63, 3.8) is 0 Å². The van der Waals surface area contributed by atoms with Crippen LogP contribution in [0.1, 0.15) is 16.0 Å². The molecular weight excluding hydrogens is 297 g/mol. The van der Waals surface area contributed by atoms with Gasteiger partial charge in [-0.15, -0.1) is 11.3 Å². The third kappa shape index (κ3) is 3.98. The highest BCUT2D eigenvalue weighted by Gasteiger charge is 2.33. The van der Waals surface area contributed by atoms with E-state index in [1.807, 2.05) is 22.4 Å². The Bertz CT molecular complexity index is 579. The number of hydrogen-bond donors (Lipinski definition) is 1. The highest BCUT2D eigenvalue weighted by molar-refractivity contribution is 7.09. The lowest BCUT2D eigenvalue weighted by atomic mass is 10.1. The summed E-state index contributed by atoms with van der Waals surface area (Å²) < 4.78 is 39.0. The van der Waals surface area contributed by atoms with Gasteiger partial charge in [-0.05, 0) is 35.6 Å². The zero-order valence-electron chi connectivity index (χ0n) is 11.7. The van der Waals surface area contributed by atoms with Gasteiger partial charge in [-0.3, -0.25) is 0 Å². The number of likely N-dealkylation sites (N-methyl/N-ethyl adjacent to an activating group) is 1. The minimum atomic E-state index is -4.38. The molecule has 2 N–H and O–H groups in total. The van der Waals surface area contributed by atoms with Crippen molar-refractivity contribution in [1.29, 1.82) is 0 Å². The van der Waals surface area contributed by atoms with Crippen LogP contribution in [0.15, 0.2) is 35.7 Å². The number of anilines is 1. The first-order valence-electron chi connectivity index (χ1n) is 6.55. The molecule has 0 spiro atoms. The lowest BCUT2D eigenvalue weighted by molar-refractivity contribution is -0.138. The minimum absolute atomic E-state index is 0.117. The molecule has 0 atom stereocenters. The number of benzene rings is 1. The second-order valence-electron chi connectivity index (χ2n) is 4.79. The second kappa shape index (κ2) is 6.49. The van der Waals surface area contributed by atoms with Gasteiger partial charge in [0.1, 0.15) is 0 Å². The first-order chi connectivity index (χ1) is 9.91. The van der Waals surface area contributed by atoms with E-state index in [1.165, 1.54) is 17.0 Å². The Morgan fingerprint density at radius 3 is 2.57 bits per heavy atom. The molecule has 1 heterocycles. The van der Waals surface area contributed by atoms with Gasteiger partial charge in [-0.25, -0.2) is 0 Å². The van der Waals surface area contributed by atoms with E-state index >= 15 is 0 Å². The van der Waals surface area contributed by atoms with Crippen molar-refractivity contribution >= 4 is 17.0 Å². The smallest absolute Gasteiger partial charge is 0.374 e. The van der Waals surface area contributed by atoms with Crippen molar-refractivity contribution in [1.82, 2.24) is 0 Å². The molecule has 0 fully saturated rings. The van der Waals surface area contributed by atoms with Gasteiger partial charge >= 0.3 is 6.18 Å². The Hall–Kier alpha value is -1.53. The SMILES string of the molecule is CN(CCc1cccs1)c1ccc(CN)c(C(F)(F)F)c1. The summed E-state index contributed by atoms with van der Waals surface area (Å²) in [5.41, 5.74) is 5.41. The van der Waals surface area contributed by atoms with E-state index in [1.54, 1.807) is 24.5 Å². The summed E-state index contributed by atoms with van der Waals surface area (Å²) in [5.74, 6) is 0. The third-order valence-electron chi connectivity index (χ3n) is 3.33. The first-order valence-corrected chi connectivity index (χ1v) is 7.43. The number of nitrogens with zero attached hydrogens (tertiary/aromatic N) is 1. The number of nitrogens with two attached hydrogens (primary N) is 1. The van der Waals surface area contributed by atoms with Gasteiger partial charge in [0.05, 0.1) is 5.56 Å². The molecule has 1 aromatic carbocycles. The Kier molecular flexibility index (Phi) is 4.90. The molecule has 0 unspecified atom stereocenters. The van der Waals surface area contributed by atoms with E-state index in [0.29, 0.717) is 12.2 Å². The van der Waals surface area contributed by atoms with Crippen LogP contribution in [0.3, 0.4) is 0 Å². The van der Waals surface area contributed by atoms with Crippen LogP contribution in [0.25, 0.3) is 0 Å². The quantitative estimate of drug-likeness (QED) is 0.907. The maximum Gasteiger partial charge on any atom is 0.416 e. The van der Waals surface area contributed by atoms with Crippen molar-refractivity contribution in [3.05, 3.63) is 51.7 Å². The van der Waals surface area contributed by atoms with Gasteiger partial charge in [-0.2, -0.15) is 13.2 Å². The minimum Gasteiger partial charge on any atom is -0.374 e. The maximum atomic E-state index is 13.0. The van der Waals surface area contributed by atoms with Crippen LogP contribution in [0, 0.1) is 0 Å². The van der Waals surface area contributed by atoms with Gasteiger partial charge in [0, 0.05) is 30.7 Å². The summed E-state index contributed by atoms with van der Waals surface area (Å²) in [7, 11) is 1.80. The van der Waals surface area contributed by atoms with E-state index in [-0.39, 0.29) is 12.1 Å². The molecular formula is C15H17F3N2S. The van der Waals surface area contributed by atoms with E-state index in [2.05, 4.69) is 0 Å². The van der Waals surface area contributed by atoms with Gasteiger partial charge < -0.3 is 10.6 Å². The Labute approximate surface area is 126 Å². The average molecular weight is 314 g/mol. The summed E-state index contributed by atoms with van der Waals surface area (Å²) in [4.78, 5) is 3.05. The zero-order valence-corrected chi connectivity index (χ0v) is 12.5. The molecule has 0 aliphatic heterocycles. The predicted molar refractivity (Wildman–Crippen MR) is 80.6 cm³/mol. The molecule has 21 heavy (non-hydrogen) atoms. The van der Waals surface area contributed by atoms with Gasteiger partial charge in [0.15, 0.2) is 0 Å². The Morgan fingerprint density at radius 1 is 1.24 bits per heavy atom. The zero-order chi connectivity index (χ0) is 15.5. The summed E-state index contributed by atoms with van der Waals surface area (Å²) >= 11 is 1.65. The maximum absolute atomic E-state index is 13.0. The number of rotatable bonds is 5. The van der Waals surface area contributed by atoms with Crippen molar-refractivity contribution in [2.24, 2.45) is 5.73 Å². The largest absolute Gasteiger partial charge is 0.416 e. The Morgan fingerprint density at radius 2 is 2.00 bits per heavy atom. The number of thiophene rings is 1. The first kappa shape index (κ1) is 15.9. The van der Waals surface area contributed by atoms with Crippen molar-refractivity contribution in [2.75, 3.05) is 18.5 Å². The van der Waals surface area contributed by atoms with Crippen LogP contribution >= 0.6 is 11.3 Å². The summed E-state index contributed by atoms with van der Waals surface area (Å²) in [6.07, 6.45) is -3.56. The fraction of sp³-hybridized carbons (Fsp3) is 0.333. The molecule has 2 aromatic rings. The Balaban J connectivity index is 2.15. The molecule has 2 rings (SSSR count). The lowest BCUT2D eigenvalue weighted by Crippen LogP contribution is -2.21. The number of hydrogen-bond acceptors (Lipinski definition) is 3. The molecule has 2 nitrogen and oxygen atoms in total. The highest BCUT2D eigenvalue weighted by atomic mass is 32.1. The van der Waals surface area contributed by atoms with E-state index in [9.17, 15) is 13.2 Å². The number of alkyl halides is 3. The van der Waals surface area contributed by atoms with E-state index < -0.39 is 11.7 Å². The van der Waals surface area contributed by atoms with Gasteiger partial charge in [0.25, 0.3) is 0 Å². The molecule has 0 saturated carbocycles. The topological polar surface area (TPSA) is 29.3 Å². The number of halogens is 3. The lowest BCUT2D eigenvalue weighted by Gasteiger charge is -2.21. The molecule has 0 aliphatic carbocycles. The van der Waals surface area contributed by atoms with Crippen LogP contribution < -0.4 is 10.6 Å². The molecule has 6 heteroatoms. The monoisotopic (exact) mass is 314 g/mol. The standard InChI is InChI=1S/C15H17F3N2S/c1-20(7-6-13-3-2-8-21-13)12-5-4-11(10-19)14(9-12)15(16,17)18/h2-5,8-9H,6-7,10,19H2,1H3.